The van der Waals surface area contributed by atoms with Gasteiger partial charge in [0.05, 0.1) is 13.2 Å². The van der Waals surface area contributed by atoms with Crippen LogP contribution in [0.15, 0.2) is 18.2 Å². The number of primary amides is 1. The summed E-state index contributed by atoms with van der Waals surface area (Å²) in [4.78, 5) is 35.5. The molecule has 0 radical (unpaired) electrons. The molecular weight excluding hydrogens is 372 g/mol. The topological polar surface area (TPSA) is 132 Å². The van der Waals surface area contributed by atoms with Gasteiger partial charge in [0, 0.05) is 5.56 Å². The number of hydrogen-bond acceptors (Lipinski definition) is 6. The number of hydrogen-bond donors (Lipinski definition) is 4. The highest BCUT2D eigenvalue weighted by atomic mass is 32.2. The van der Waals surface area contributed by atoms with Gasteiger partial charge >= 0.3 is 6.03 Å². The first-order chi connectivity index (χ1) is 12.8. The van der Waals surface area contributed by atoms with E-state index in [-0.39, 0.29) is 11.7 Å². The van der Waals surface area contributed by atoms with E-state index in [0.29, 0.717) is 23.7 Å². The molecule has 0 aliphatic carbocycles. The second kappa shape index (κ2) is 11.2. The normalized spacial score (nSPS) is 11.4. The number of carbonyl (C=O) groups is 3. The Hall–Kier alpha value is -2.62. The number of rotatable bonds is 9. The molecule has 1 aromatic rings. The number of urea groups is 1. The van der Waals surface area contributed by atoms with Crippen LogP contribution in [0.25, 0.3) is 0 Å². The van der Waals surface area contributed by atoms with Gasteiger partial charge in [0.25, 0.3) is 11.8 Å². The first kappa shape index (κ1) is 22.4. The molecule has 27 heavy (non-hydrogen) atoms. The largest absolute Gasteiger partial charge is 0.493 e. The summed E-state index contributed by atoms with van der Waals surface area (Å²) in [7, 11) is 1.47. The fourth-order valence-electron chi connectivity index (χ4n) is 2.11. The summed E-state index contributed by atoms with van der Waals surface area (Å²) in [5, 5.41) is 2.35. The Balaban J connectivity index is 2.74. The van der Waals surface area contributed by atoms with Crippen LogP contribution in [0.1, 0.15) is 30.6 Å². The maximum Gasteiger partial charge on any atom is 0.312 e. The zero-order valence-corrected chi connectivity index (χ0v) is 16.6. The van der Waals surface area contributed by atoms with E-state index in [1.54, 1.807) is 12.1 Å². The molecule has 0 spiro atoms. The second-order valence-electron chi connectivity index (χ2n) is 5.82. The molecule has 9 nitrogen and oxygen atoms in total. The molecule has 0 saturated carbocycles. The molecule has 0 aromatic heterocycles. The lowest BCUT2D eigenvalue weighted by Crippen LogP contribution is -2.53. The van der Waals surface area contributed by atoms with Gasteiger partial charge in [0.2, 0.25) is 0 Å². The average Bonchev–Trinajstić information content (AvgIpc) is 2.62. The molecule has 0 heterocycles. The standard InChI is InChI=1S/C17H26N4O5S/c1-10(2)26-13-6-5-11(9-14(13)25-3)15(22)20-21-16(23)12(7-8-27-4)19-17(18)24/h5-6,9-10,12H,7-8H2,1-4H3,(H,20,22)(H,21,23)(H3,18,19,24)/t12-/m1/s1. The van der Waals surface area contributed by atoms with Crippen LogP contribution in [-0.4, -0.2) is 49.1 Å². The van der Waals surface area contributed by atoms with E-state index in [1.165, 1.54) is 24.9 Å². The Morgan fingerprint density at radius 3 is 2.44 bits per heavy atom. The summed E-state index contributed by atoms with van der Waals surface area (Å²) in [6.07, 6.45) is 2.20. The second-order valence-corrected chi connectivity index (χ2v) is 6.80. The minimum Gasteiger partial charge on any atom is -0.493 e. The van der Waals surface area contributed by atoms with Crippen molar-refractivity contribution in [2.24, 2.45) is 5.73 Å². The van der Waals surface area contributed by atoms with Crippen molar-refractivity contribution in [3.05, 3.63) is 23.8 Å². The highest BCUT2D eigenvalue weighted by Gasteiger charge is 2.20. The molecule has 4 amide bonds. The van der Waals surface area contributed by atoms with Crippen LogP contribution in [0.4, 0.5) is 4.79 Å². The number of methoxy groups -OCH3 is 1. The van der Waals surface area contributed by atoms with E-state index in [4.69, 9.17) is 15.2 Å². The van der Waals surface area contributed by atoms with Gasteiger partial charge in [-0.25, -0.2) is 4.79 Å². The zero-order chi connectivity index (χ0) is 20.4. The van der Waals surface area contributed by atoms with Gasteiger partial charge in [-0.2, -0.15) is 11.8 Å². The number of amides is 4. The summed E-state index contributed by atoms with van der Waals surface area (Å²) in [6.45, 7) is 3.76. The van der Waals surface area contributed by atoms with Crippen molar-refractivity contribution in [2.75, 3.05) is 19.1 Å². The first-order valence-electron chi connectivity index (χ1n) is 8.28. The minimum absolute atomic E-state index is 0.0474. The van der Waals surface area contributed by atoms with Crippen LogP contribution >= 0.6 is 11.8 Å². The van der Waals surface area contributed by atoms with Crippen LogP contribution in [0.3, 0.4) is 0 Å². The number of benzene rings is 1. The minimum atomic E-state index is -0.841. The third-order valence-corrected chi connectivity index (χ3v) is 3.98. The van der Waals surface area contributed by atoms with Crippen molar-refractivity contribution in [1.29, 1.82) is 0 Å². The smallest absolute Gasteiger partial charge is 0.312 e. The number of nitrogens with two attached hydrogens (primary N) is 1. The Kier molecular flexibility index (Phi) is 9.27. The Morgan fingerprint density at radius 1 is 1.19 bits per heavy atom. The average molecular weight is 398 g/mol. The van der Waals surface area contributed by atoms with Crippen LogP contribution in [-0.2, 0) is 4.79 Å². The van der Waals surface area contributed by atoms with E-state index >= 15 is 0 Å². The SMILES string of the molecule is COc1cc(C(=O)NNC(=O)[C@@H](CCSC)NC(N)=O)ccc1OC(C)C. The molecule has 0 bridgehead atoms. The van der Waals surface area contributed by atoms with Crippen LogP contribution in [0.2, 0.25) is 0 Å². The lowest BCUT2D eigenvalue weighted by Gasteiger charge is -2.17. The van der Waals surface area contributed by atoms with Crippen molar-refractivity contribution in [3.8, 4) is 11.5 Å². The van der Waals surface area contributed by atoms with Crippen molar-refractivity contribution < 1.29 is 23.9 Å². The Bertz CT molecular complexity index is 669. The molecule has 1 aromatic carbocycles. The van der Waals surface area contributed by atoms with Gasteiger partial charge in [-0.3, -0.25) is 20.4 Å². The fraction of sp³-hybridized carbons (Fsp3) is 0.471. The van der Waals surface area contributed by atoms with Crippen molar-refractivity contribution in [1.82, 2.24) is 16.2 Å². The number of carbonyl (C=O) groups excluding carboxylic acids is 3. The van der Waals surface area contributed by atoms with E-state index in [2.05, 4.69) is 16.2 Å². The van der Waals surface area contributed by atoms with Crippen molar-refractivity contribution >= 4 is 29.6 Å². The quantitative estimate of drug-likeness (QED) is 0.460. The maximum atomic E-state index is 12.3. The maximum absolute atomic E-state index is 12.3. The molecule has 0 aliphatic rings. The summed E-state index contributed by atoms with van der Waals surface area (Å²) in [5.41, 5.74) is 9.95. The van der Waals surface area contributed by atoms with Crippen LogP contribution in [0.5, 0.6) is 11.5 Å². The van der Waals surface area contributed by atoms with E-state index in [1.807, 2.05) is 20.1 Å². The zero-order valence-electron chi connectivity index (χ0n) is 15.8. The highest BCUT2D eigenvalue weighted by molar-refractivity contribution is 7.98. The van der Waals surface area contributed by atoms with Gasteiger partial charge in [-0.05, 0) is 50.5 Å². The molecule has 150 valence electrons. The van der Waals surface area contributed by atoms with Gasteiger partial charge < -0.3 is 20.5 Å². The lowest BCUT2D eigenvalue weighted by molar-refractivity contribution is -0.123. The van der Waals surface area contributed by atoms with Gasteiger partial charge in [0.15, 0.2) is 11.5 Å². The van der Waals surface area contributed by atoms with E-state index < -0.39 is 23.9 Å². The summed E-state index contributed by atoms with van der Waals surface area (Å²) >= 11 is 1.52. The van der Waals surface area contributed by atoms with Gasteiger partial charge in [0.1, 0.15) is 6.04 Å². The first-order valence-corrected chi connectivity index (χ1v) is 9.67. The molecule has 0 aliphatic heterocycles. The Labute approximate surface area is 162 Å². The lowest BCUT2D eigenvalue weighted by atomic mass is 10.2. The summed E-state index contributed by atoms with van der Waals surface area (Å²) in [5.74, 6) is 0.441. The van der Waals surface area contributed by atoms with Crippen LogP contribution in [0, 0.1) is 0 Å². The van der Waals surface area contributed by atoms with Gasteiger partial charge in [-0.1, -0.05) is 0 Å². The molecule has 5 N–H and O–H groups in total. The molecular formula is C17H26N4O5S. The van der Waals surface area contributed by atoms with E-state index in [9.17, 15) is 14.4 Å². The fourth-order valence-corrected chi connectivity index (χ4v) is 2.59. The molecule has 0 saturated heterocycles. The number of nitrogens with one attached hydrogen (secondary N) is 3. The highest BCUT2D eigenvalue weighted by Crippen LogP contribution is 2.28. The Morgan fingerprint density at radius 2 is 1.89 bits per heavy atom. The number of hydrazine groups is 1. The molecule has 0 fully saturated rings. The third kappa shape index (κ3) is 7.65. The molecule has 10 heteroatoms. The van der Waals surface area contributed by atoms with Crippen LogP contribution < -0.4 is 31.4 Å². The van der Waals surface area contributed by atoms with Crippen molar-refractivity contribution in [2.45, 2.75) is 32.4 Å². The summed E-state index contributed by atoms with van der Waals surface area (Å²) < 4.78 is 10.8. The number of thioether (sulfide) groups is 1. The molecule has 0 unspecified atom stereocenters. The third-order valence-electron chi connectivity index (χ3n) is 3.33. The molecule has 1 atom stereocenters. The van der Waals surface area contributed by atoms with Gasteiger partial charge in [-0.15, -0.1) is 0 Å². The summed E-state index contributed by atoms with van der Waals surface area (Å²) in [6, 6.07) is 3.02. The number of ether oxygens (including phenoxy) is 2. The molecule has 1 rings (SSSR count). The van der Waals surface area contributed by atoms with E-state index in [0.717, 1.165) is 0 Å². The predicted octanol–water partition coefficient (Wildman–Crippen LogP) is 1.03. The van der Waals surface area contributed by atoms with Crippen molar-refractivity contribution in [3.63, 3.8) is 0 Å². The predicted molar refractivity (Wildman–Crippen MR) is 104 cm³/mol. The monoisotopic (exact) mass is 398 g/mol.